The molecule has 3 N–H and O–H groups in total. The van der Waals surface area contributed by atoms with E-state index < -0.39 is 11.8 Å². The minimum absolute atomic E-state index is 0.0360. The van der Waals surface area contributed by atoms with Crippen molar-refractivity contribution in [2.45, 2.75) is 13.3 Å². The fourth-order valence-corrected chi connectivity index (χ4v) is 2.65. The fraction of sp³-hybridized carbons (Fsp3) is 0.211. The van der Waals surface area contributed by atoms with Gasteiger partial charge < -0.3 is 5.32 Å². The molecule has 0 heterocycles. The van der Waals surface area contributed by atoms with E-state index in [9.17, 15) is 14.4 Å². The molecule has 0 saturated heterocycles. The van der Waals surface area contributed by atoms with Crippen LogP contribution in [0.2, 0.25) is 5.02 Å². The molecule has 0 bridgehead atoms. The van der Waals surface area contributed by atoms with E-state index in [1.165, 1.54) is 0 Å². The molecule has 1 aliphatic carbocycles. The summed E-state index contributed by atoms with van der Waals surface area (Å²) < 4.78 is 0. The highest BCUT2D eigenvalue weighted by Crippen LogP contribution is 2.38. The highest BCUT2D eigenvalue weighted by atomic mass is 35.5. The van der Waals surface area contributed by atoms with E-state index in [1.807, 2.05) is 6.92 Å². The smallest absolute Gasteiger partial charge is 0.269 e. The van der Waals surface area contributed by atoms with E-state index in [4.69, 9.17) is 11.6 Å². The van der Waals surface area contributed by atoms with Gasteiger partial charge in [-0.1, -0.05) is 24.6 Å². The number of carbonyl (C=O) groups is 3. The largest absolute Gasteiger partial charge is 0.326 e. The highest BCUT2D eigenvalue weighted by molar-refractivity contribution is 6.30. The molecule has 0 aliphatic heterocycles. The first-order valence-electron chi connectivity index (χ1n) is 8.21. The number of hydrazine groups is 1. The van der Waals surface area contributed by atoms with Gasteiger partial charge in [0.15, 0.2) is 0 Å². The molecule has 1 fully saturated rings. The van der Waals surface area contributed by atoms with Crippen molar-refractivity contribution < 1.29 is 14.4 Å². The van der Waals surface area contributed by atoms with Crippen molar-refractivity contribution in [2.24, 2.45) is 11.8 Å². The molecule has 1 aliphatic rings. The average Bonchev–Trinajstić information content (AvgIpc) is 3.37. The molecule has 3 rings (SSSR count). The number of anilines is 1. The molecule has 3 amide bonds. The van der Waals surface area contributed by atoms with Crippen LogP contribution in [0.1, 0.15) is 34.1 Å². The molecule has 2 unspecified atom stereocenters. The maximum atomic E-state index is 12.2. The number of rotatable bonds is 4. The summed E-state index contributed by atoms with van der Waals surface area (Å²) in [5.74, 6) is -0.521. The number of hydrogen-bond donors (Lipinski definition) is 3. The Bertz CT molecular complexity index is 851. The molecule has 2 aromatic rings. The van der Waals surface area contributed by atoms with Gasteiger partial charge in [0.1, 0.15) is 0 Å². The van der Waals surface area contributed by atoms with E-state index in [1.54, 1.807) is 48.5 Å². The predicted molar refractivity (Wildman–Crippen MR) is 98.7 cm³/mol. The summed E-state index contributed by atoms with van der Waals surface area (Å²) in [6.07, 6.45) is 0.892. The summed E-state index contributed by atoms with van der Waals surface area (Å²) in [6, 6.07) is 12.8. The Balaban J connectivity index is 1.57. The van der Waals surface area contributed by atoms with Crippen molar-refractivity contribution in [1.29, 1.82) is 0 Å². The molecular weight excluding hydrogens is 354 g/mol. The van der Waals surface area contributed by atoms with Crippen molar-refractivity contribution in [3.63, 3.8) is 0 Å². The third-order valence-electron chi connectivity index (χ3n) is 4.23. The Morgan fingerprint density at radius 2 is 1.58 bits per heavy atom. The van der Waals surface area contributed by atoms with E-state index >= 15 is 0 Å². The Morgan fingerprint density at radius 1 is 0.962 bits per heavy atom. The lowest BCUT2D eigenvalue weighted by atomic mass is 10.2. The van der Waals surface area contributed by atoms with Crippen molar-refractivity contribution in [1.82, 2.24) is 10.9 Å². The summed E-state index contributed by atoms with van der Waals surface area (Å²) >= 11 is 5.77. The van der Waals surface area contributed by atoms with Crippen LogP contribution in [0.15, 0.2) is 48.5 Å². The van der Waals surface area contributed by atoms with Gasteiger partial charge in [0, 0.05) is 27.8 Å². The first-order valence-corrected chi connectivity index (χ1v) is 8.59. The van der Waals surface area contributed by atoms with Crippen molar-refractivity contribution >= 4 is 35.0 Å². The molecule has 0 spiro atoms. The van der Waals surface area contributed by atoms with Gasteiger partial charge >= 0.3 is 0 Å². The Hall–Kier alpha value is -2.86. The van der Waals surface area contributed by atoms with Crippen LogP contribution in [-0.2, 0) is 4.79 Å². The van der Waals surface area contributed by atoms with E-state index in [0.29, 0.717) is 27.8 Å². The molecule has 7 heteroatoms. The Kier molecular flexibility index (Phi) is 5.23. The normalized spacial score (nSPS) is 17.9. The van der Waals surface area contributed by atoms with Gasteiger partial charge in [0.2, 0.25) is 5.91 Å². The van der Waals surface area contributed by atoms with Crippen molar-refractivity contribution in [3.8, 4) is 0 Å². The Morgan fingerprint density at radius 3 is 2.19 bits per heavy atom. The van der Waals surface area contributed by atoms with E-state index in [-0.39, 0.29) is 11.8 Å². The average molecular weight is 372 g/mol. The monoisotopic (exact) mass is 371 g/mol. The van der Waals surface area contributed by atoms with Crippen LogP contribution in [0.5, 0.6) is 0 Å². The summed E-state index contributed by atoms with van der Waals surface area (Å²) in [6.45, 7) is 2.03. The second-order valence-corrected chi connectivity index (χ2v) is 6.74. The molecule has 0 radical (unpaired) electrons. The van der Waals surface area contributed by atoms with Crippen molar-refractivity contribution in [3.05, 3.63) is 64.7 Å². The lowest BCUT2D eigenvalue weighted by Crippen LogP contribution is -2.41. The first-order chi connectivity index (χ1) is 12.4. The fourth-order valence-electron chi connectivity index (χ4n) is 2.52. The maximum Gasteiger partial charge on any atom is 0.269 e. The molecule has 2 atom stereocenters. The second-order valence-electron chi connectivity index (χ2n) is 6.30. The minimum atomic E-state index is -0.483. The van der Waals surface area contributed by atoms with Crippen LogP contribution in [0.25, 0.3) is 0 Å². The van der Waals surface area contributed by atoms with Gasteiger partial charge in [-0.05, 0) is 54.8 Å². The number of hydrogen-bond acceptors (Lipinski definition) is 3. The minimum Gasteiger partial charge on any atom is -0.326 e. The van der Waals surface area contributed by atoms with E-state index in [2.05, 4.69) is 16.2 Å². The standard InChI is InChI=1S/C19H18ClN3O3/c1-11-9-16(11)19(26)21-15-4-2-3-13(10-15)18(25)23-22-17(24)12-5-7-14(20)8-6-12/h2-8,10-11,16H,9H2,1H3,(H,21,26)(H,22,24)(H,23,25). The molecule has 26 heavy (non-hydrogen) atoms. The van der Waals surface area contributed by atoms with Crippen LogP contribution in [0.4, 0.5) is 5.69 Å². The quantitative estimate of drug-likeness (QED) is 0.722. The first kappa shape index (κ1) is 17.9. The zero-order valence-corrected chi connectivity index (χ0v) is 14.8. The van der Waals surface area contributed by atoms with Gasteiger partial charge in [-0.15, -0.1) is 0 Å². The highest BCUT2D eigenvalue weighted by Gasteiger charge is 2.39. The molecule has 6 nitrogen and oxygen atoms in total. The molecular formula is C19H18ClN3O3. The summed E-state index contributed by atoms with van der Waals surface area (Å²) in [4.78, 5) is 36.2. The summed E-state index contributed by atoms with van der Waals surface area (Å²) in [5, 5.41) is 3.33. The number of nitrogens with one attached hydrogen (secondary N) is 3. The molecule has 0 aromatic heterocycles. The summed E-state index contributed by atoms with van der Waals surface area (Å²) in [5.41, 5.74) is 5.93. The predicted octanol–water partition coefficient (Wildman–Crippen LogP) is 3.01. The second kappa shape index (κ2) is 7.58. The van der Waals surface area contributed by atoms with Gasteiger partial charge in [-0.25, -0.2) is 0 Å². The number of carbonyl (C=O) groups excluding carboxylic acids is 3. The van der Waals surface area contributed by atoms with Crippen LogP contribution in [0, 0.1) is 11.8 Å². The topological polar surface area (TPSA) is 87.3 Å². The van der Waals surface area contributed by atoms with E-state index in [0.717, 1.165) is 6.42 Å². The SMILES string of the molecule is CC1CC1C(=O)Nc1cccc(C(=O)NNC(=O)c2ccc(Cl)cc2)c1. The molecule has 1 saturated carbocycles. The number of benzene rings is 2. The van der Waals surface area contributed by atoms with Gasteiger partial charge in [-0.3, -0.25) is 25.2 Å². The third-order valence-corrected chi connectivity index (χ3v) is 4.49. The zero-order valence-electron chi connectivity index (χ0n) is 14.1. The van der Waals surface area contributed by atoms with Gasteiger partial charge in [0.25, 0.3) is 11.8 Å². The van der Waals surface area contributed by atoms with Crippen LogP contribution >= 0.6 is 11.6 Å². The van der Waals surface area contributed by atoms with Crippen LogP contribution < -0.4 is 16.2 Å². The van der Waals surface area contributed by atoms with Crippen LogP contribution in [-0.4, -0.2) is 17.7 Å². The molecule has 2 aromatic carbocycles. The maximum absolute atomic E-state index is 12.2. The van der Waals surface area contributed by atoms with Gasteiger partial charge in [0.05, 0.1) is 0 Å². The Labute approximate surface area is 155 Å². The lowest BCUT2D eigenvalue weighted by Gasteiger charge is -2.09. The lowest BCUT2D eigenvalue weighted by molar-refractivity contribution is -0.117. The zero-order chi connectivity index (χ0) is 18.7. The third kappa shape index (κ3) is 4.40. The van der Waals surface area contributed by atoms with Crippen LogP contribution in [0.3, 0.4) is 0 Å². The number of amides is 3. The summed E-state index contributed by atoms with van der Waals surface area (Å²) in [7, 11) is 0. The van der Waals surface area contributed by atoms with Gasteiger partial charge in [-0.2, -0.15) is 0 Å². The number of halogens is 1. The van der Waals surface area contributed by atoms with Crippen molar-refractivity contribution in [2.75, 3.05) is 5.32 Å². The molecule has 134 valence electrons.